The molecule has 0 saturated heterocycles. The molecule has 2 rings (SSSR count). The monoisotopic (exact) mass is 261 g/mol. The molecule has 0 aromatic heterocycles. The number of nitrogens with two attached hydrogens (primary N) is 1. The van der Waals surface area contributed by atoms with Gasteiger partial charge in [-0.3, -0.25) is 0 Å². The summed E-state index contributed by atoms with van der Waals surface area (Å²) in [5.41, 5.74) is 8.63. The Kier molecular flexibility index (Phi) is 5.26. The Bertz CT molecular complexity index is 394. The first-order valence-electron chi connectivity index (χ1n) is 7.61. The van der Waals surface area contributed by atoms with Gasteiger partial charge < -0.3 is 10.5 Å². The van der Waals surface area contributed by atoms with Crippen LogP contribution in [0.15, 0.2) is 18.2 Å². The van der Waals surface area contributed by atoms with E-state index in [1.165, 1.54) is 49.7 Å². The van der Waals surface area contributed by atoms with Crippen molar-refractivity contribution in [1.29, 1.82) is 0 Å². The lowest BCUT2D eigenvalue weighted by molar-refractivity contribution is 0.376. The number of methoxy groups -OCH3 is 1. The normalized spacial score (nSPS) is 18.9. The minimum Gasteiger partial charge on any atom is -0.496 e. The summed E-state index contributed by atoms with van der Waals surface area (Å²) in [7, 11) is 1.75. The molecule has 0 aliphatic heterocycles. The molecule has 2 heteroatoms. The van der Waals surface area contributed by atoms with Crippen LogP contribution in [0.2, 0.25) is 0 Å². The quantitative estimate of drug-likeness (QED) is 0.831. The van der Waals surface area contributed by atoms with Crippen molar-refractivity contribution in [3.8, 4) is 5.75 Å². The Balaban J connectivity index is 2.20. The topological polar surface area (TPSA) is 35.2 Å². The maximum Gasteiger partial charge on any atom is 0.122 e. The van der Waals surface area contributed by atoms with E-state index < -0.39 is 0 Å². The standard InChI is InChI=1S/C17H27NO/c1-13-9-10-15(11-17(13)19-2)16(12-18)14-7-5-3-4-6-8-14/h9-11,14,16H,3-8,12,18H2,1-2H3. The molecule has 1 unspecified atom stereocenters. The van der Waals surface area contributed by atoms with E-state index in [0.717, 1.165) is 18.2 Å². The molecule has 0 heterocycles. The first kappa shape index (κ1) is 14.4. The third-order valence-corrected chi connectivity index (χ3v) is 4.58. The van der Waals surface area contributed by atoms with Gasteiger partial charge in [0.15, 0.2) is 0 Å². The fourth-order valence-electron chi connectivity index (χ4n) is 3.38. The third kappa shape index (κ3) is 3.50. The third-order valence-electron chi connectivity index (χ3n) is 4.58. The van der Waals surface area contributed by atoms with Gasteiger partial charge in [0.25, 0.3) is 0 Å². The van der Waals surface area contributed by atoms with Crippen LogP contribution in [0, 0.1) is 12.8 Å². The fraction of sp³-hybridized carbons (Fsp3) is 0.647. The van der Waals surface area contributed by atoms with Crippen LogP contribution in [0.1, 0.15) is 55.6 Å². The van der Waals surface area contributed by atoms with Crippen LogP contribution in [0.4, 0.5) is 0 Å². The van der Waals surface area contributed by atoms with Gasteiger partial charge in [-0.15, -0.1) is 0 Å². The Morgan fingerprint density at radius 3 is 2.47 bits per heavy atom. The van der Waals surface area contributed by atoms with Gasteiger partial charge in [0.1, 0.15) is 5.75 Å². The van der Waals surface area contributed by atoms with E-state index in [1.54, 1.807) is 7.11 Å². The predicted octanol–water partition coefficient (Wildman–Crippen LogP) is 4.02. The number of ether oxygens (including phenoxy) is 1. The number of aryl methyl sites for hydroxylation is 1. The molecule has 19 heavy (non-hydrogen) atoms. The van der Waals surface area contributed by atoms with Gasteiger partial charge in [0.2, 0.25) is 0 Å². The molecule has 1 atom stereocenters. The van der Waals surface area contributed by atoms with Crippen LogP contribution in [-0.2, 0) is 0 Å². The lowest BCUT2D eigenvalue weighted by atomic mass is 9.81. The van der Waals surface area contributed by atoms with Crippen molar-refractivity contribution in [1.82, 2.24) is 0 Å². The molecule has 2 N–H and O–H groups in total. The molecular formula is C17H27NO. The van der Waals surface area contributed by atoms with E-state index in [4.69, 9.17) is 10.5 Å². The first-order valence-corrected chi connectivity index (χ1v) is 7.61. The second kappa shape index (κ2) is 6.95. The summed E-state index contributed by atoms with van der Waals surface area (Å²) >= 11 is 0. The molecule has 2 nitrogen and oxygen atoms in total. The van der Waals surface area contributed by atoms with Crippen LogP contribution < -0.4 is 10.5 Å². The zero-order valence-electron chi connectivity index (χ0n) is 12.3. The summed E-state index contributed by atoms with van der Waals surface area (Å²) < 4.78 is 5.45. The molecule has 1 aliphatic rings. The van der Waals surface area contributed by atoms with Crippen molar-refractivity contribution in [2.24, 2.45) is 11.7 Å². The molecule has 1 aromatic carbocycles. The smallest absolute Gasteiger partial charge is 0.122 e. The van der Waals surface area contributed by atoms with Crippen molar-refractivity contribution in [2.75, 3.05) is 13.7 Å². The summed E-state index contributed by atoms with van der Waals surface area (Å²) in [5, 5.41) is 0. The summed E-state index contributed by atoms with van der Waals surface area (Å²) in [6.07, 6.45) is 8.18. The van der Waals surface area contributed by atoms with Crippen molar-refractivity contribution < 1.29 is 4.74 Å². The molecule has 0 amide bonds. The first-order chi connectivity index (χ1) is 9.26. The maximum absolute atomic E-state index is 6.08. The predicted molar refractivity (Wildman–Crippen MR) is 80.7 cm³/mol. The molecule has 1 saturated carbocycles. The molecule has 0 bridgehead atoms. The highest BCUT2D eigenvalue weighted by Gasteiger charge is 2.23. The molecular weight excluding hydrogens is 234 g/mol. The van der Waals surface area contributed by atoms with Gasteiger partial charge in [-0.25, -0.2) is 0 Å². The van der Waals surface area contributed by atoms with Crippen molar-refractivity contribution in [3.63, 3.8) is 0 Å². The summed E-state index contributed by atoms with van der Waals surface area (Å²) in [5.74, 6) is 2.23. The van der Waals surface area contributed by atoms with E-state index in [2.05, 4.69) is 25.1 Å². The summed E-state index contributed by atoms with van der Waals surface area (Å²) in [6, 6.07) is 6.59. The van der Waals surface area contributed by atoms with Gasteiger partial charge in [0.05, 0.1) is 7.11 Å². The SMILES string of the molecule is COc1cc(C(CN)C2CCCCCC2)ccc1C. The van der Waals surface area contributed by atoms with E-state index in [9.17, 15) is 0 Å². The highest BCUT2D eigenvalue weighted by atomic mass is 16.5. The van der Waals surface area contributed by atoms with Crippen molar-refractivity contribution >= 4 is 0 Å². The van der Waals surface area contributed by atoms with Crippen LogP contribution >= 0.6 is 0 Å². The number of benzene rings is 1. The highest BCUT2D eigenvalue weighted by Crippen LogP contribution is 2.36. The largest absolute Gasteiger partial charge is 0.496 e. The van der Waals surface area contributed by atoms with Gasteiger partial charge >= 0.3 is 0 Å². The van der Waals surface area contributed by atoms with E-state index in [-0.39, 0.29) is 0 Å². The van der Waals surface area contributed by atoms with Crippen molar-refractivity contribution in [3.05, 3.63) is 29.3 Å². The average Bonchev–Trinajstić information content (AvgIpc) is 2.70. The van der Waals surface area contributed by atoms with E-state index in [0.29, 0.717) is 5.92 Å². The lowest BCUT2D eigenvalue weighted by Crippen LogP contribution is -2.21. The Morgan fingerprint density at radius 2 is 1.89 bits per heavy atom. The Labute approximate surface area is 117 Å². The van der Waals surface area contributed by atoms with Gasteiger partial charge in [0, 0.05) is 0 Å². The molecule has 0 radical (unpaired) electrons. The fourth-order valence-corrected chi connectivity index (χ4v) is 3.38. The van der Waals surface area contributed by atoms with Crippen LogP contribution in [0.25, 0.3) is 0 Å². The molecule has 1 aliphatic carbocycles. The second-order valence-corrected chi connectivity index (χ2v) is 5.82. The van der Waals surface area contributed by atoms with Gasteiger partial charge in [-0.05, 0) is 55.3 Å². The van der Waals surface area contributed by atoms with Gasteiger partial charge in [-0.2, -0.15) is 0 Å². The second-order valence-electron chi connectivity index (χ2n) is 5.82. The number of hydrogen-bond donors (Lipinski definition) is 1. The summed E-state index contributed by atoms with van der Waals surface area (Å²) in [4.78, 5) is 0. The average molecular weight is 261 g/mol. The molecule has 0 spiro atoms. The molecule has 1 fully saturated rings. The van der Waals surface area contributed by atoms with E-state index in [1.807, 2.05) is 0 Å². The van der Waals surface area contributed by atoms with Crippen molar-refractivity contribution in [2.45, 2.75) is 51.4 Å². The van der Waals surface area contributed by atoms with E-state index >= 15 is 0 Å². The Morgan fingerprint density at radius 1 is 1.21 bits per heavy atom. The minimum atomic E-state index is 0.493. The lowest BCUT2D eigenvalue weighted by Gasteiger charge is -2.26. The van der Waals surface area contributed by atoms with Crippen LogP contribution in [-0.4, -0.2) is 13.7 Å². The number of rotatable bonds is 4. The Hall–Kier alpha value is -1.02. The zero-order valence-corrected chi connectivity index (χ0v) is 12.3. The molecule has 1 aromatic rings. The van der Waals surface area contributed by atoms with Crippen LogP contribution in [0.3, 0.4) is 0 Å². The zero-order chi connectivity index (χ0) is 13.7. The molecule has 106 valence electrons. The van der Waals surface area contributed by atoms with Gasteiger partial charge in [-0.1, -0.05) is 37.8 Å². The highest BCUT2D eigenvalue weighted by molar-refractivity contribution is 5.38. The number of hydrogen-bond acceptors (Lipinski definition) is 2. The maximum atomic E-state index is 6.08. The summed E-state index contributed by atoms with van der Waals surface area (Å²) in [6.45, 7) is 2.84. The minimum absolute atomic E-state index is 0.493. The van der Waals surface area contributed by atoms with Crippen LogP contribution in [0.5, 0.6) is 5.75 Å².